The quantitative estimate of drug-likeness (QED) is 0.665. The van der Waals surface area contributed by atoms with Gasteiger partial charge in [0.05, 0.1) is 6.10 Å². The van der Waals surface area contributed by atoms with E-state index < -0.39 is 0 Å². The Morgan fingerprint density at radius 2 is 1.92 bits per heavy atom. The number of aliphatic hydroxyl groups is 1. The maximum Gasteiger partial charge on any atom is 0.0636 e. The van der Waals surface area contributed by atoms with Crippen LogP contribution in [0.15, 0.2) is 0 Å². The molecule has 80 valence electrons. The summed E-state index contributed by atoms with van der Waals surface area (Å²) in [6, 6.07) is 0. The van der Waals surface area contributed by atoms with E-state index in [9.17, 15) is 0 Å². The van der Waals surface area contributed by atoms with Crippen LogP contribution in [0.5, 0.6) is 0 Å². The number of rotatable bonds is 7. The number of aliphatic hydroxyl groups excluding tert-OH is 1. The minimum atomic E-state index is -0.242. The van der Waals surface area contributed by atoms with E-state index in [0.29, 0.717) is 11.3 Å². The first-order chi connectivity index (χ1) is 6.10. The normalized spacial score (nSPS) is 14.5. The molecule has 3 heteroatoms. The first-order valence-electron chi connectivity index (χ1n) is 5.04. The van der Waals surface area contributed by atoms with Crippen molar-refractivity contribution in [1.82, 2.24) is 5.32 Å². The summed E-state index contributed by atoms with van der Waals surface area (Å²) in [5.74, 6) is 0. The lowest BCUT2D eigenvalue weighted by Crippen LogP contribution is -2.39. The summed E-state index contributed by atoms with van der Waals surface area (Å²) >= 11 is 1.92. The molecule has 0 fully saturated rings. The standard InChI is InChI=1S/C10H23NOS/c1-5-10(6-2,13-4)8-11-7-9(3)12/h9,11-12H,5-8H2,1-4H3. The summed E-state index contributed by atoms with van der Waals surface area (Å²) in [7, 11) is 0. The van der Waals surface area contributed by atoms with Crippen LogP contribution in [0.25, 0.3) is 0 Å². The lowest BCUT2D eigenvalue weighted by atomic mass is 10.0. The van der Waals surface area contributed by atoms with Crippen LogP contribution < -0.4 is 5.32 Å². The van der Waals surface area contributed by atoms with Gasteiger partial charge in [0.25, 0.3) is 0 Å². The Morgan fingerprint density at radius 3 is 2.23 bits per heavy atom. The lowest BCUT2D eigenvalue weighted by Gasteiger charge is -2.30. The molecule has 2 N–H and O–H groups in total. The molecule has 13 heavy (non-hydrogen) atoms. The maximum absolute atomic E-state index is 9.10. The SMILES string of the molecule is CCC(CC)(CNCC(C)O)SC. The second-order valence-electron chi connectivity index (χ2n) is 3.57. The molecule has 0 saturated carbocycles. The molecule has 1 atom stereocenters. The van der Waals surface area contributed by atoms with E-state index in [0.717, 1.165) is 6.54 Å². The summed E-state index contributed by atoms with van der Waals surface area (Å²) in [6.45, 7) is 7.95. The molecule has 0 aliphatic heterocycles. The molecule has 0 aromatic carbocycles. The van der Waals surface area contributed by atoms with Crippen LogP contribution in [0.1, 0.15) is 33.6 Å². The summed E-state index contributed by atoms with van der Waals surface area (Å²) in [5.41, 5.74) is 0. The smallest absolute Gasteiger partial charge is 0.0636 e. The fourth-order valence-corrected chi connectivity index (χ4v) is 2.19. The highest BCUT2D eigenvalue weighted by atomic mass is 32.2. The first kappa shape index (κ1) is 13.3. The Morgan fingerprint density at radius 1 is 1.38 bits per heavy atom. The Bertz CT molecular complexity index is 116. The molecule has 0 aromatic heterocycles. The van der Waals surface area contributed by atoms with Crippen molar-refractivity contribution in [2.24, 2.45) is 0 Å². The highest BCUT2D eigenvalue weighted by Gasteiger charge is 2.23. The van der Waals surface area contributed by atoms with E-state index in [1.165, 1.54) is 12.8 Å². The van der Waals surface area contributed by atoms with Gasteiger partial charge in [0.2, 0.25) is 0 Å². The van der Waals surface area contributed by atoms with Gasteiger partial charge in [0, 0.05) is 17.8 Å². The first-order valence-corrected chi connectivity index (χ1v) is 6.26. The molecule has 0 amide bonds. The van der Waals surface area contributed by atoms with Gasteiger partial charge in [-0.15, -0.1) is 0 Å². The molecule has 0 spiro atoms. The minimum absolute atomic E-state index is 0.242. The molecule has 0 aromatic rings. The van der Waals surface area contributed by atoms with Crippen molar-refractivity contribution in [2.75, 3.05) is 19.3 Å². The van der Waals surface area contributed by atoms with Gasteiger partial charge in [-0.05, 0) is 26.0 Å². The Kier molecular flexibility index (Phi) is 6.82. The van der Waals surface area contributed by atoms with Crippen molar-refractivity contribution in [2.45, 2.75) is 44.5 Å². The van der Waals surface area contributed by atoms with Crippen LogP contribution in [0.4, 0.5) is 0 Å². The molecular formula is C10H23NOS. The zero-order chi connectivity index (χ0) is 10.3. The maximum atomic E-state index is 9.10. The van der Waals surface area contributed by atoms with E-state index in [2.05, 4.69) is 25.4 Å². The van der Waals surface area contributed by atoms with E-state index in [1.807, 2.05) is 18.7 Å². The van der Waals surface area contributed by atoms with E-state index in [1.54, 1.807) is 0 Å². The molecule has 1 unspecified atom stereocenters. The van der Waals surface area contributed by atoms with Gasteiger partial charge in [-0.1, -0.05) is 13.8 Å². The van der Waals surface area contributed by atoms with Gasteiger partial charge < -0.3 is 10.4 Å². The van der Waals surface area contributed by atoms with Gasteiger partial charge in [-0.25, -0.2) is 0 Å². The topological polar surface area (TPSA) is 32.3 Å². The zero-order valence-corrected chi connectivity index (χ0v) is 10.1. The Labute approximate surface area is 86.5 Å². The van der Waals surface area contributed by atoms with Crippen LogP contribution >= 0.6 is 11.8 Å². The van der Waals surface area contributed by atoms with Crippen molar-refractivity contribution in [3.63, 3.8) is 0 Å². The molecule has 0 aliphatic carbocycles. The largest absolute Gasteiger partial charge is 0.392 e. The monoisotopic (exact) mass is 205 g/mol. The van der Waals surface area contributed by atoms with E-state index >= 15 is 0 Å². The molecule has 0 saturated heterocycles. The van der Waals surface area contributed by atoms with Gasteiger partial charge in [0.15, 0.2) is 0 Å². The predicted octanol–water partition coefficient (Wildman–Crippen LogP) is 1.88. The third-order valence-electron chi connectivity index (χ3n) is 2.61. The van der Waals surface area contributed by atoms with Crippen LogP contribution in [0.2, 0.25) is 0 Å². The highest BCUT2D eigenvalue weighted by Crippen LogP contribution is 2.29. The van der Waals surface area contributed by atoms with Crippen molar-refractivity contribution < 1.29 is 5.11 Å². The number of thioether (sulfide) groups is 1. The van der Waals surface area contributed by atoms with Gasteiger partial charge in [0.1, 0.15) is 0 Å². The van der Waals surface area contributed by atoms with Crippen LogP contribution in [0, 0.1) is 0 Å². The minimum Gasteiger partial charge on any atom is -0.392 e. The van der Waals surface area contributed by atoms with Crippen LogP contribution in [-0.4, -0.2) is 35.3 Å². The zero-order valence-electron chi connectivity index (χ0n) is 9.26. The van der Waals surface area contributed by atoms with Crippen molar-refractivity contribution in [3.8, 4) is 0 Å². The predicted molar refractivity (Wildman–Crippen MR) is 61.4 cm³/mol. The molecule has 0 radical (unpaired) electrons. The Hall–Kier alpha value is 0.270. The van der Waals surface area contributed by atoms with Gasteiger partial charge >= 0.3 is 0 Å². The molecule has 0 bridgehead atoms. The van der Waals surface area contributed by atoms with Crippen molar-refractivity contribution in [1.29, 1.82) is 0 Å². The Balaban J connectivity index is 3.81. The molecule has 2 nitrogen and oxygen atoms in total. The van der Waals surface area contributed by atoms with Crippen molar-refractivity contribution in [3.05, 3.63) is 0 Å². The second-order valence-corrected chi connectivity index (χ2v) is 4.85. The number of nitrogens with one attached hydrogen (secondary N) is 1. The van der Waals surface area contributed by atoms with Crippen molar-refractivity contribution >= 4 is 11.8 Å². The number of hydrogen-bond acceptors (Lipinski definition) is 3. The summed E-state index contributed by atoms with van der Waals surface area (Å²) in [6.07, 6.45) is 4.28. The third kappa shape index (κ3) is 4.89. The summed E-state index contributed by atoms with van der Waals surface area (Å²) < 4.78 is 0.356. The van der Waals surface area contributed by atoms with E-state index in [4.69, 9.17) is 5.11 Å². The summed E-state index contributed by atoms with van der Waals surface area (Å²) in [4.78, 5) is 0. The second kappa shape index (κ2) is 6.68. The third-order valence-corrected chi connectivity index (χ3v) is 4.20. The lowest BCUT2D eigenvalue weighted by molar-refractivity contribution is 0.189. The molecule has 0 heterocycles. The van der Waals surface area contributed by atoms with Crippen LogP contribution in [0.3, 0.4) is 0 Å². The average molecular weight is 205 g/mol. The number of hydrogen-bond donors (Lipinski definition) is 2. The van der Waals surface area contributed by atoms with Gasteiger partial charge in [-0.3, -0.25) is 0 Å². The summed E-state index contributed by atoms with van der Waals surface area (Å²) in [5, 5.41) is 12.4. The highest BCUT2D eigenvalue weighted by molar-refractivity contribution is 8.00. The molecular weight excluding hydrogens is 182 g/mol. The van der Waals surface area contributed by atoms with Crippen LogP contribution in [-0.2, 0) is 0 Å². The fraction of sp³-hybridized carbons (Fsp3) is 1.00. The van der Waals surface area contributed by atoms with E-state index in [-0.39, 0.29) is 6.10 Å². The molecule has 0 aliphatic rings. The fourth-order valence-electron chi connectivity index (χ4n) is 1.37. The van der Waals surface area contributed by atoms with Gasteiger partial charge in [-0.2, -0.15) is 11.8 Å². The average Bonchev–Trinajstić information content (AvgIpc) is 2.13. The molecule has 0 rings (SSSR count).